The summed E-state index contributed by atoms with van der Waals surface area (Å²) in [6.45, 7) is 2.09. The fourth-order valence-electron chi connectivity index (χ4n) is 3.87. The molecule has 0 aliphatic heterocycles. The Balaban J connectivity index is 1.63. The molecule has 104 valence electrons. The van der Waals surface area contributed by atoms with Crippen molar-refractivity contribution >= 4 is 27.3 Å². The van der Waals surface area contributed by atoms with Crippen molar-refractivity contribution in [1.29, 1.82) is 0 Å². The first-order valence-electron chi connectivity index (χ1n) is 7.18. The predicted molar refractivity (Wildman–Crippen MR) is 86.2 cm³/mol. The lowest BCUT2D eigenvalue weighted by atomic mass is 9.92. The highest BCUT2D eigenvalue weighted by molar-refractivity contribution is 9.11. The summed E-state index contributed by atoms with van der Waals surface area (Å²) in [4.78, 5) is 1.12. The van der Waals surface area contributed by atoms with Crippen molar-refractivity contribution in [3.8, 4) is 0 Å². The average Bonchev–Trinajstić information content (AvgIpc) is 3.11. The third-order valence-corrected chi connectivity index (χ3v) is 7.13. The molecule has 1 nitrogen and oxygen atoms in total. The second-order valence-corrected chi connectivity index (χ2v) is 8.46. The first kappa shape index (κ1) is 13.1. The molecule has 0 spiro atoms. The molecular weight excluding hydrogens is 332 g/mol. The van der Waals surface area contributed by atoms with Crippen molar-refractivity contribution in [2.75, 3.05) is 0 Å². The Morgan fingerprint density at radius 3 is 2.90 bits per heavy atom. The maximum atomic E-state index is 10.7. The van der Waals surface area contributed by atoms with E-state index in [4.69, 9.17) is 0 Å². The minimum atomic E-state index is -0.300. The number of hydrogen-bond donors (Lipinski definition) is 1. The van der Waals surface area contributed by atoms with Gasteiger partial charge in [0.2, 0.25) is 0 Å². The van der Waals surface area contributed by atoms with Crippen LogP contribution in [-0.4, -0.2) is 5.11 Å². The molecule has 1 aromatic heterocycles. The van der Waals surface area contributed by atoms with Gasteiger partial charge in [0.15, 0.2) is 0 Å². The van der Waals surface area contributed by atoms with Crippen LogP contribution in [0.4, 0.5) is 0 Å². The third kappa shape index (κ3) is 1.91. The van der Waals surface area contributed by atoms with Crippen LogP contribution >= 0.6 is 27.3 Å². The summed E-state index contributed by atoms with van der Waals surface area (Å²) in [6.07, 6.45) is 2.11. The predicted octanol–water partition coefficient (Wildman–Crippen LogP) is 4.83. The fraction of sp³-hybridized carbons (Fsp3) is 0.412. The monoisotopic (exact) mass is 348 g/mol. The first-order valence-corrected chi connectivity index (χ1v) is 8.79. The Morgan fingerprint density at radius 1 is 1.35 bits per heavy atom. The molecule has 4 atom stereocenters. The van der Waals surface area contributed by atoms with Gasteiger partial charge in [0, 0.05) is 10.8 Å². The Morgan fingerprint density at radius 2 is 2.15 bits per heavy atom. The van der Waals surface area contributed by atoms with E-state index < -0.39 is 0 Å². The molecule has 0 amide bonds. The molecule has 0 bridgehead atoms. The zero-order valence-electron chi connectivity index (χ0n) is 11.3. The molecule has 4 rings (SSSR count). The van der Waals surface area contributed by atoms with E-state index in [1.165, 1.54) is 29.5 Å². The number of aliphatic hydroxyl groups is 1. The number of halogens is 1. The van der Waals surface area contributed by atoms with Crippen LogP contribution in [0.1, 0.15) is 40.0 Å². The molecule has 3 heteroatoms. The molecular formula is C17H17BrOS. The number of fused-ring (bicyclic) bond motifs is 3. The normalized spacial score (nSPS) is 28.6. The van der Waals surface area contributed by atoms with Gasteiger partial charge < -0.3 is 5.11 Å². The zero-order valence-corrected chi connectivity index (χ0v) is 13.7. The molecule has 1 N–H and O–H groups in total. The number of hydrogen-bond acceptors (Lipinski definition) is 2. The second kappa shape index (κ2) is 4.69. The number of aryl methyl sites for hydroxylation is 2. The summed E-state index contributed by atoms with van der Waals surface area (Å²) < 4.78 is 1.15. The van der Waals surface area contributed by atoms with Crippen LogP contribution in [-0.2, 0) is 6.42 Å². The summed E-state index contributed by atoms with van der Waals surface area (Å²) in [5.74, 6) is 1.68. The van der Waals surface area contributed by atoms with Crippen LogP contribution in [0.3, 0.4) is 0 Å². The summed E-state index contributed by atoms with van der Waals surface area (Å²) in [6, 6.07) is 10.9. The second-order valence-electron chi connectivity index (χ2n) is 6.05. The average molecular weight is 349 g/mol. The van der Waals surface area contributed by atoms with Gasteiger partial charge in [-0.3, -0.25) is 0 Å². The Hall–Kier alpha value is -0.640. The number of rotatable bonds is 2. The van der Waals surface area contributed by atoms with Crippen molar-refractivity contribution in [2.45, 2.75) is 31.8 Å². The van der Waals surface area contributed by atoms with E-state index in [1.54, 1.807) is 11.3 Å². The molecule has 1 heterocycles. The van der Waals surface area contributed by atoms with Crippen molar-refractivity contribution in [1.82, 2.24) is 0 Å². The maximum absolute atomic E-state index is 10.7. The van der Waals surface area contributed by atoms with Crippen molar-refractivity contribution in [3.05, 3.63) is 55.7 Å². The highest BCUT2D eigenvalue weighted by Crippen LogP contribution is 2.64. The Bertz CT molecular complexity index is 643. The van der Waals surface area contributed by atoms with Gasteiger partial charge in [-0.15, -0.1) is 11.3 Å². The molecule has 1 saturated carbocycles. The van der Waals surface area contributed by atoms with Gasteiger partial charge in [0.1, 0.15) is 0 Å². The van der Waals surface area contributed by atoms with E-state index in [2.05, 4.69) is 53.2 Å². The van der Waals surface area contributed by atoms with Crippen LogP contribution in [0.25, 0.3) is 0 Å². The third-order valence-electron chi connectivity index (χ3n) is 4.92. The van der Waals surface area contributed by atoms with E-state index in [9.17, 15) is 5.11 Å². The first-order chi connectivity index (χ1) is 9.66. The zero-order chi connectivity index (χ0) is 13.9. The van der Waals surface area contributed by atoms with E-state index in [0.29, 0.717) is 17.8 Å². The minimum Gasteiger partial charge on any atom is -0.387 e. The fourth-order valence-corrected chi connectivity index (χ4v) is 5.48. The molecule has 1 aromatic carbocycles. The highest BCUT2D eigenvalue weighted by atomic mass is 79.9. The van der Waals surface area contributed by atoms with E-state index >= 15 is 0 Å². The molecule has 20 heavy (non-hydrogen) atoms. The quantitative estimate of drug-likeness (QED) is 0.823. The number of benzene rings is 1. The lowest BCUT2D eigenvalue weighted by molar-refractivity contribution is 0.148. The summed E-state index contributed by atoms with van der Waals surface area (Å²) in [5, 5.41) is 10.7. The lowest BCUT2D eigenvalue weighted by Crippen LogP contribution is -2.00. The summed E-state index contributed by atoms with van der Waals surface area (Å²) in [5.41, 5.74) is 4.21. The number of thiophene rings is 1. The topological polar surface area (TPSA) is 20.2 Å². The standard InChI is InChI=1S/C17H17BrOS/c1-9-8-13(20-17(9)18)16(19)15-12-7-6-10-4-2-3-5-11(10)14(12)15/h2-5,8,12,14-16,19H,6-7H2,1H3. The van der Waals surface area contributed by atoms with Crippen molar-refractivity contribution < 1.29 is 5.11 Å². The summed E-state index contributed by atoms with van der Waals surface area (Å²) in [7, 11) is 0. The maximum Gasteiger partial charge on any atom is 0.0919 e. The molecule has 2 aromatic rings. The van der Waals surface area contributed by atoms with Crippen molar-refractivity contribution in [3.63, 3.8) is 0 Å². The molecule has 0 radical (unpaired) electrons. The van der Waals surface area contributed by atoms with Gasteiger partial charge in [0.25, 0.3) is 0 Å². The van der Waals surface area contributed by atoms with Gasteiger partial charge in [0.05, 0.1) is 9.89 Å². The molecule has 0 saturated heterocycles. The van der Waals surface area contributed by atoms with Crippen LogP contribution < -0.4 is 0 Å². The molecule has 4 unspecified atom stereocenters. The van der Waals surface area contributed by atoms with Gasteiger partial charge in [-0.1, -0.05) is 24.3 Å². The molecule has 1 fully saturated rings. The van der Waals surface area contributed by atoms with Crippen LogP contribution in [0.15, 0.2) is 34.1 Å². The van der Waals surface area contributed by atoms with Crippen LogP contribution in [0, 0.1) is 18.8 Å². The van der Waals surface area contributed by atoms with Crippen molar-refractivity contribution in [2.24, 2.45) is 11.8 Å². The van der Waals surface area contributed by atoms with Crippen LogP contribution in [0.5, 0.6) is 0 Å². The Kier molecular flexibility index (Phi) is 3.06. The molecule has 2 aliphatic rings. The van der Waals surface area contributed by atoms with Gasteiger partial charge in [-0.2, -0.15) is 0 Å². The van der Waals surface area contributed by atoms with Crippen LogP contribution in [0.2, 0.25) is 0 Å². The lowest BCUT2D eigenvalue weighted by Gasteiger charge is -2.13. The SMILES string of the molecule is Cc1cc(C(O)C2C3CCc4ccccc4C32)sc1Br. The Labute approximate surface area is 131 Å². The van der Waals surface area contributed by atoms with Gasteiger partial charge in [-0.05, 0) is 70.3 Å². The van der Waals surface area contributed by atoms with E-state index in [0.717, 1.165) is 8.66 Å². The smallest absolute Gasteiger partial charge is 0.0919 e. The molecule has 2 aliphatic carbocycles. The van der Waals surface area contributed by atoms with E-state index in [1.807, 2.05) is 0 Å². The van der Waals surface area contributed by atoms with E-state index in [-0.39, 0.29) is 6.10 Å². The highest BCUT2D eigenvalue weighted by Gasteiger charge is 2.56. The largest absolute Gasteiger partial charge is 0.387 e. The van der Waals surface area contributed by atoms with Gasteiger partial charge in [-0.25, -0.2) is 0 Å². The number of aliphatic hydroxyl groups excluding tert-OH is 1. The van der Waals surface area contributed by atoms with Gasteiger partial charge >= 0.3 is 0 Å². The summed E-state index contributed by atoms with van der Waals surface area (Å²) >= 11 is 5.25. The minimum absolute atomic E-state index is 0.300.